The van der Waals surface area contributed by atoms with Crippen molar-refractivity contribution in [1.29, 1.82) is 0 Å². The lowest BCUT2D eigenvalue weighted by Crippen LogP contribution is -2.26. The van der Waals surface area contributed by atoms with Gasteiger partial charge in [0.1, 0.15) is 11.5 Å². The topological polar surface area (TPSA) is 64.8 Å². The van der Waals surface area contributed by atoms with Crippen LogP contribution in [0.4, 0.5) is 0 Å². The van der Waals surface area contributed by atoms with E-state index in [9.17, 15) is 4.79 Å². The van der Waals surface area contributed by atoms with Crippen molar-refractivity contribution in [3.63, 3.8) is 0 Å². The zero-order chi connectivity index (χ0) is 17.5. The van der Waals surface area contributed by atoms with Gasteiger partial charge >= 0.3 is 0 Å². The summed E-state index contributed by atoms with van der Waals surface area (Å²) in [5, 5.41) is 0. The average Bonchev–Trinajstić information content (AvgIpc) is 2.99. The first kappa shape index (κ1) is 18.3. The molecule has 0 unspecified atom stereocenters. The number of ether oxygens (including phenoxy) is 2. The van der Waals surface area contributed by atoms with Gasteiger partial charge < -0.3 is 20.1 Å². The predicted molar refractivity (Wildman–Crippen MR) is 97.0 cm³/mol. The third kappa shape index (κ3) is 4.72. The summed E-state index contributed by atoms with van der Waals surface area (Å²) in [5.74, 6) is 1.09. The predicted octanol–water partition coefficient (Wildman–Crippen LogP) is 3.06. The van der Waals surface area contributed by atoms with Gasteiger partial charge in [-0.05, 0) is 50.2 Å². The van der Waals surface area contributed by atoms with Crippen LogP contribution in [-0.4, -0.2) is 38.1 Å². The van der Waals surface area contributed by atoms with E-state index in [1.807, 2.05) is 6.07 Å². The standard InChI is InChI=1S/C18H24N2O3S/c1-13-5-7-15(24-13)12-20(2)18(21)16-11-14(22-3)6-8-17(16)23-10-4-9-19/h5-8,11H,4,9-10,12,19H2,1-3H3. The molecule has 0 saturated heterocycles. The molecule has 1 heterocycles. The van der Waals surface area contributed by atoms with Crippen LogP contribution in [0.1, 0.15) is 26.5 Å². The van der Waals surface area contributed by atoms with Gasteiger partial charge in [0.25, 0.3) is 5.91 Å². The summed E-state index contributed by atoms with van der Waals surface area (Å²) >= 11 is 1.69. The maximum Gasteiger partial charge on any atom is 0.257 e. The van der Waals surface area contributed by atoms with E-state index in [4.69, 9.17) is 15.2 Å². The maximum atomic E-state index is 12.8. The SMILES string of the molecule is COc1ccc(OCCCN)c(C(=O)N(C)Cc2ccc(C)s2)c1. The Balaban J connectivity index is 2.18. The highest BCUT2D eigenvalue weighted by atomic mass is 32.1. The Hall–Kier alpha value is -2.05. The summed E-state index contributed by atoms with van der Waals surface area (Å²) < 4.78 is 11.0. The van der Waals surface area contributed by atoms with Crippen molar-refractivity contribution in [2.75, 3.05) is 27.3 Å². The van der Waals surface area contributed by atoms with Crippen molar-refractivity contribution in [3.05, 3.63) is 45.6 Å². The molecule has 0 bridgehead atoms. The van der Waals surface area contributed by atoms with Crippen LogP contribution < -0.4 is 15.2 Å². The first-order chi connectivity index (χ1) is 11.5. The molecule has 2 rings (SSSR count). The largest absolute Gasteiger partial charge is 0.497 e. The highest BCUT2D eigenvalue weighted by Gasteiger charge is 2.19. The van der Waals surface area contributed by atoms with Crippen molar-refractivity contribution in [2.45, 2.75) is 19.9 Å². The molecule has 1 aromatic carbocycles. The van der Waals surface area contributed by atoms with Crippen LogP contribution in [0.5, 0.6) is 11.5 Å². The number of amides is 1. The molecular formula is C18H24N2O3S. The van der Waals surface area contributed by atoms with Crippen LogP contribution in [0.15, 0.2) is 30.3 Å². The van der Waals surface area contributed by atoms with E-state index in [0.29, 0.717) is 36.8 Å². The second-order valence-electron chi connectivity index (χ2n) is 5.53. The van der Waals surface area contributed by atoms with Crippen molar-refractivity contribution >= 4 is 17.2 Å². The molecule has 1 amide bonds. The van der Waals surface area contributed by atoms with Gasteiger partial charge in [-0.25, -0.2) is 0 Å². The van der Waals surface area contributed by atoms with E-state index in [1.54, 1.807) is 48.6 Å². The third-order valence-corrected chi connectivity index (χ3v) is 4.54. The second kappa shape index (κ2) is 8.70. The van der Waals surface area contributed by atoms with Gasteiger partial charge in [-0.15, -0.1) is 11.3 Å². The van der Waals surface area contributed by atoms with E-state index < -0.39 is 0 Å². The molecule has 0 saturated carbocycles. The molecule has 24 heavy (non-hydrogen) atoms. The number of nitrogens with two attached hydrogens (primary N) is 1. The first-order valence-corrected chi connectivity index (χ1v) is 8.68. The van der Waals surface area contributed by atoms with E-state index in [1.165, 1.54) is 4.88 Å². The number of thiophene rings is 1. The molecule has 2 aromatic rings. The lowest BCUT2D eigenvalue weighted by atomic mass is 10.1. The van der Waals surface area contributed by atoms with Gasteiger partial charge in [-0.1, -0.05) is 0 Å². The molecule has 130 valence electrons. The fraction of sp³-hybridized carbons (Fsp3) is 0.389. The molecule has 0 aliphatic heterocycles. The van der Waals surface area contributed by atoms with Crippen molar-refractivity contribution < 1.29 is 14.3 Å². The molecule has 6 heteroatoms. The number of methoxy groups -OCH3 is 1. The van der Waals surface area contributed by atoms with Crippen LogP contribution >= 0.6 is 11.3 Å². The molecule has 0 atom stereocenters. The number of carbonyl (C=O) groups excluding carboxylic acids is 1. The summed E-state index contributed by atoms with van der Waals surface area (Å²) in [7, 11) is 3.37. The molecular weight excluding hydrogens is 324 g/mol. The molecule has 1 aromatic heterocycles. The number of carbonyl (C=O) groups is 1. The zero-order valence-corrected chi connectivity index (χ0v) is 15.2. The Bertz CT molecular complexity index is 685. The van der Waals surface area contributed by atoms with Crippen LogP contribution in [0, 0.1) is 6.92 Å². The Labute approximate surface area is 147 Å². The first-order valence-electron chi connectivity index (χ1n) is 7.87. The fourth-order valence-electron chi connectivity index (χ4n) is 2.28. The van der Waals surface area contributed by atoms with Gasteiger partial charge in [-0.3, -0.25) is 4.79 Å². The normalized spacial score (nSPS) is 10.5. The van der Waals surface area contributed by atoms with E-state index in [0.717, 1.165) is 11.3 Å². The highest BCUT2D eigenvalue weighted by Crippen LogP contribution is 2.26. The van der Waals surface area contributed by atoms with Crippen molar-refractivity contribution in [1.82, 2.24) is 4.90 Å². The van der Waals surface area contributed by atoms with E-state index >= 15 is 0 Å². The van der Waals surface area contributed by atoms with E-state index in [2.05, 4.69) is 13.0 Å². The smallest absolute Gasteiger partial charge is 0.257 e. The minimum atomic E-state index is -0.0947. The maximum absolute atomic E-state index is 12.8. The minimum absolute atomic E-state index is 0.0947. The summed E-state index contributed by atoms with van der Waals surface area (Å²) in [4.78, 5) is 16.9. The number of benzene rings is 1. The Morgan fingerprint density at radius 3 is 2.71 bits per heavy atom. The number of hydrogen-bond donors (Lipinski definition) is 1. The van der Waals surface area contributed by atoms with Gasteiger partial charge in [0, 0.05) is 16.8 Å². The second-order valence-corrected chi connectivity index (χ2v) is 6.90. The fourth-order valence-corrected chi connectivity index (χ4v) is 3.22. The number of nitrogens with zero attached hydrogens (tertiary/aromatic N) is 1. The molecule has 0 spiro atoms. The van der Waals surface area contributed by atoms with Crippen LogP contribution in [0.2, 0.25) is 0 Å². The summed E-state index contributed by atoms with van der Waals surface area (Å²) in [6.07, 6.45) is 0.740. The van der Waals surface area contributed by atoms with E-state index in [-0.39, 0.29) is 5.91 Å². The van der Waals surface area contributed by atoms with Crippen molar-refractivity contribution in [2.24, 2.45) is 5.73 Å². The highest BCUT2D eigenvalue weighted by molar-refractivity contribution is 7.11. The van der Waals surface area contributed by atoms with Gasteiger partial charge in [0.2, 0.25) is 0 Å². The van der Waals surface area contributed by atoms with Gasteiger partial charge in [0.05, 0.1) is 25.8 Å². The lowest BCUT2D eigenvalue weighted by Gasteiger charge is -2.19. The molecule has 0 radical (unpaired) electrons. The monoisotopic (exact) mass is 348 g/mol. The summed E-state index contributed by atoms with van der Waals surface area (Å²) in [5.41, 5.74) is 6.00. The number of rotatable bonds is 8. The zero-order valence-electron chi connectivity index (χ0n) is 14.4. The number of aryl methyl sites for hydroxylation is 1. The molecule has 0 aliphatic rings. The van der Waals surface area contributed by atoms with Crippen LogP contribution in [0.3, 0.4) is 0 Å². The lowest BCUT2D eigenvalue weighted by molar-refractivity contribution is 0.0781. The minimum Gasteiger partial charge on any atom is -0.497 e. The quantitative estimate of drug-likeness (QED) is 0.745. The molecule has 2 N–H and O–H groups in total. The van der Waals surface area contributed by atoms with Gasteiger partial charge in [-0.2, -0.15) is 0 Å². The van der Waals surface area contributed by atoms with Crippen molar-refractivity contribution in [3.8, 4) is 11.5 Å². The molecule has 0 aliphatic carbocycles. The van der Waals surface area contributed by atoms with Crippen LogP contribution in [-0.2, 0) is 6.54 Å². The average molecular weight is 348 g/mol. The van der Waals surface area contributed by atoms with Crippen LogP contribution in [0.25, 0.3) is 0 Å². The summed E-state index contributed by atoms with van der Waals surface area (Å²) in [6.45, 7) is 3.66. The Kier molecular flexibility index (Phi) is 6.63. The Morgan fingerprint density at radius 1 is 1.29 bits per heavy atom. The molecule has 5 nitrogen and oxygen atoms in total. The third-order valence-electron chi connectivity index (χ3n) is 3.56. The Morgan fingerprint density at radius 2 is 2.08 bits per heavy atom. The number of hydrogen-bond acceptors (Lipinski definition) is 5. The molecule has 0 fully saturated rings. The van der Waals surface area contributed by atoms with Gasteiger partial charge in [0.15, 0.2) is 0 Å². The summed E-state index contributed by atoms with van der Waals surface area (Å²) in [6, 6.07) is 9.39.